The first-order chi connectivity index (χ1) is 9.24. The van der Waals surface area contributed by atoms with E-state index in [0.717, 1.165) is 27.4 Å². The van der Waals surface area contributed by atoms with Gasteiger partial charge in [-0.1, -0.05) is 30.0 Å². The number of thiophene rings is 1. The molecule has 0 spiro atoms. The molecule has 1 aromatic carbocycles. The zero-order valence-electron chi connectivity index (χ0n) is 9.57. The maximum Gasteiger partial charge on any atom is 0.314 e. The summed E-state index contributed by atoms with van der Waals surface area (Å²) in [7, 11) is 0. The highest BCUT2D eigenvalue weighted by Crippen LogP contribution is 2.33. The second-order valence-corrected chi connectivity index (χ2v) is 5.54. The SMILES string of the molecule is O=C(O)CSc1nnc(-c2csc3ccccc23)o1. The zero-order valence-corrected chi connectivity index (χ0v) is 11.2. The molecule has 19 heavy (non-hydrogen) atoms. The molecule has 0 aliphatic rings. The summed E-state index contributed by atoms with van der Waals surface area (Å²) in [6.07, 6.45) is 0. The van der Waals surface area contributed by atoms with Gasteiger partial charge >= 0.3 is 5.97 Å². The van der Waals surface area contributed by atoms with Crippen molar-refractivity contribution in [2.45, 2.75) is 5.22 Å². The molecule has 0 amide bonds. The highest BCUT2D eigenvalue weighted by Gasteiger charge is 2.14. The highest BCUT2D eigenvalue weighted by atomic mass is 32.2. The summed E-state index contributed by atoms with van der Waals surface area (Å²) >= 11 is 2.62. The van der Waals surface area contributed by atoms with E-state index in [0.29, 0.717) is 5.89 Å². The van der Waals surface area contributed by atoms with Crippen LogP contribution in [-0.2, 0) is 4.79 Å². The Morgan fingerprint density at radius 2 is 2.21 bits per heavy atom. The summed E-state index contributed by atoms with van der Waals surface area (Å²) in [5, 5.41) is 19.7. The van der Waals surface area contributed by atoms with Gasteiger partial charge in [0.1, 0.15) is 5.75 Å². The minimum atomic E-state index is -0.911. The summed E-state index contributed by atoms with van der Waals surface area (Å²) in [4.78, 5) is 10.5. The molecule has 5 nitrogen and oxygen atoms in total. The Labute approximate surface area is 116 Å². The van der Waals surface area contributed by atoms with Gasteiger partial charge in [-0.2, -0.15) is 0 Å². The molecule has 0 saturated carbocycles. The van der Waals surface area contributed by atoms with Gasteiger partial charge in [0.2, 0.25) is 5.89 Å². The first-order valence-electron chi connectivity index (χ1n) is 5.39. The normalized spacial score (nSPS) is 10.9. The molecule has 3 aromatic rings. The molecule has 0 bridgehead atoms. The van der Waals surface area contributed by atoms with Crippen LogP contribution in [0.5, 0.6) is 0 Å². The molecule has 0 fully saturated rings. The lowest BCUT2D eigenvalue weighted by Crippen LogP contribution is -1.97. The van der Waals surface area contributed by atoms with Gasteiger partial charge < -0.3 is 9.52 Å². The van der Waals surface area contributed by atoms with Gasteiger partial charge in [-0.15, -0.1) is 21.5 Å². The van der Waals surface area contributed by atoms with Crippen LogP contribution in [0.1, 0.15) is 0 Å². The Bertz CT molecular complexity index is 735. The summed E-state index contributed by atoms with van der Waals surface area (Å²) in [6.45, 7) is 0. The molecular weight excluding hydrogens is 284 g/mol. The van der Waals surface area contributed by atoms with Gasteiger partial charge in [-0.05, 0) is 6.07 Å². The third-order valence-corrected chi connectivity index (χ3v) is 4.20. The quantitative estimate of drug-likeness (QED) is 0.744. The third-order valence-electron chi connectivity index (χ3n) is 2.44. The largest absolute Gasteiger partial charge is 0.481 e. The van der Waals surface area contributed by atoms with Crippen molar-refractivity contribution in [1.29, 1.82) is 0 Å². The van der Waals surface area contributed by atoms with Crippen molar-refractivity contribution in [3.63, 3.8) is 0 Å². The minimum absolute atomic E-state index is 0.0913. The molecule has 7 heteroatoms. The Hall–Kier alpha value is -1.86. The summed E-state index contributed by atoms with van der Waals surface area (Å²) in [5.74, 6) is -0.581. The van der Waals surface area contributed by atoms with E-state index in [2.05, 4.69) is 10.2 Å². The van der Waals surface area contributed by atoms with Crippen molar-refractivity contribution < 1.29 is 14.3 Å². The number of nitrogens with zero attached hydrogens (tertiary/aromatic N) is 2. The molecule has 0 radical (unpaired) electrons. The number of hydrogen-bond acceptors (Lipinski definition) is 6. The summed E-state index contributed by atoms with van der Waals surface area (Å²) in [6, 6.07) is 7.95. The predicted octanol–water partition coefficient (Wildman–Crippen LogP) is 3.13. The van der Waals surface area contributed by atoms with Crippen LogP contribution in [0.15, 0.2) is 39.3 Å². The van der Waals surface area contributed by atoms with E-state index in [1.165, 1.54) is 0 Å². The van der Waals surface area contributed by atoms with Crippen molar-refractivity contribution in [3.05, 3.63) is 29.6 Å². The van der Waals surface area contributed by atoms with E-state index >= 15 is 0 Å². The number of carboxylic acids is 1. The number of benzene rings is 1. The average Bonchev–Trinajstić information content (AvgIpc) is 3.02. The lowest BCUT2D eigenvalue weighted by Gasteiger charge is -1.92. The van der Waals surface area contributed by atoms with Crippen LogP contribution in [-0.4, -0.2) is 27.0 Å². The molecular formula is C12H8N2O3S2. The number of aliphatic carboxylic acids is 1. The lowest BCUT2D eigenvalue weighted by atomic mass is 10.2. The monoisotopic (exact) mass is 292 g/mol. The Balaban J connectivity index is 1.92. The Morgan fingerprint density at radius 3 is 3.05 bits per heavy atom. The van der Waals surface area contributed by atoms with Crippen molar-refractivity contribution in [2.75, 3.05) is 5.75 Å². The fourth-order valence-corrected chi connectivity index (χ4v) is 3.06. The molecule has 0 aliphatic heterocycles. The molecule has 96 valence electrons. The average molecular weight is 292 g/mol. The van der Waals surface area contributed by atoms with E-state index in [9.17, 15) is 4.79 Å². The molecule has 2 aromatic heterocycles. The first-order valence-corrected chi connectivity index (χ1v) is 7.25. The molecule has 1 N–H and O–H groups in total. The molecule has 0 aliphatic carbocycles. The third kappa shape index (κ3) is 2.47. The number of carbonyl (C=O) groups is 1. The van der Waals surface area contributed by atoms with Crippen LogP contribution in [0.4, 0.5) is 0 Å². The smallest absolute Gasteiger partial charge is 0.314 e. The maximum atomic E-state index is 10.5. The van der Waals surface area contributed by atoms with Gasteiger partial charge in [-0.3, -0.25) is 4.79 Å². The summed E-state index contributed by atoms with van der Waals surface area (Å²) in [5.41, 5.74) is 0.885. The standard InChI is InChI=1S/C12H8N2O3S2/c15-10(16)6-19-12-14-13-11(17-12)8-5-18-9-4-2-1-3-7(8)9/h1-5H,6H2,(H,15,16). The number of rotatable bonds is 4. The lowest BCUT2D eigenvalue weighted by molar-refractivity contribution is -0.133. The van der Waals surface area contributed by atoms with Gasteiger partial charge in [0.05, 0.1) is 5.56 Å². The van der Waals surface area contributed by atoms with Gasteiger partial charge in [0.25, 0.3) is 5.22 Å². The second-order valence-electron chi connectivity index (χ2n) is 3.70. The van der Waals surface area contributed by atoms with Gasteiger partial charge in [-0.25, -0.2) is 0 Å². The molecule has 0 unspecified atom stereocenters. The Morgan fingerprint density at radius 1 is 1.37 bits per heavy atom. The second kappa shape index (κ2) is 5.02. The van der Waals surface area contributed by atoms with Gasteiger partial charge in [0.15, 0.2) is 0 Å². The molecule has 0 atom stereocenters. The van der Waals surface area contributed by atoms with Crippen molar-refractivity contribution >= 4 is 39.2 Å². The number of fused-ring (bicyclic) bond motifs is 1. The predicted molar refractivity (Wildman–Crippen MR) is 73.5 cm³/mol. The van der Waals surface area contributed by atoms with Crippen LogP contribution in [0.2, 0.25) is 0 Å². The van der Waals surface area contributed by atoms with E-state index in [-0.39, 0.29) is 11.0 Å². The fourth-order valence-electron chi connectivity index (χ4n) is 1.64. The van der Waals surface area contributed by atoms with Crippen molar-refractivity contribution in [3.8, 4) is 11.5 Å². The summed E-state index contributed by atoms with van der Waals surface area (Å²) < 4.78 is 6.62. The van der Waals surface area contributed by atoms with Crippen LogP contribution in [0.25, 0.3) is 21.5 Å². The number of carboxylic acid groups (broad SMARTS) is 1. The molecule has 2 heterocycles. The Kier molecular flexibility index (Phi) is 3.22. The fraction of sp³-hybridized carbons (Fsp3) is 0.0833. The van der Waals surface area contributed by atoms with Crippen LogP contribution >= 0.6 is 23.1 Å². The van der Waals surface area contributed by atoms with Crippen LogP contribution in [0, 0.1) is 0 Å². The van der Waals surface area contributed by atoms with Crippen molar-refractivity contribution in [2.24, 2.45) is 0 Å². The molecule has 3 rings (SSSR count). The van der Waals surface area contributed by atoms with Crippen LogP contribution in [0.3, 0.4) is 0 Å². The van der Waals surface area contributed by atoms with Gasteiger partial charge in [0, 0.05) is 15.5 Å². The van der Waals surface area contributed by atoms with E-state index in [1.807, 2.05) is 29.6 Å². The highest BCUT2D eigenvalue weighted by molar-refractivity contribution is 7.99. The van der Waals surface area contributed by atoms with E-state index in [4.69, 9.17) is 9.52 Å². The molecule has 0 saturated heterocycles. The van der Waals surface area contributed by atoms with E-state index in [1.54, 1.807) is 11.3 Å². The number of thioether (sulfide) groups is 1. The topological polar surface area (TPSA) is 76.2 Å². The van der Waals surface area contributed by atoms with E-state index < -0.39 is 5.97 Å². The number of hydrogen-bond donors (Lipinski definition) is 1. The number of aromatic nitrogens is 2. The van der Waals surface area contributed by atoms with Crippen LogP contribution < -0.4 is 0 Å². The van der Waals surface area contributed by atoms with Crippen molar-refractivity contribution in [1.82, 2.24) is 10.2 Å². The first kappa shape index (κ1) is 12.2. The maximum absolute atomic E-state index is 10.5. The zero-order chi connectivity index (χ0) is 13.2. The minimum Gasteiger partial charge on any atom is -0.481 e.